The minimum Gasteiger partial charge on any atom is -0.454 e. The molecule has 188 valence electrons. The normalized spacial score (nSPS) is 22.1. The number of rotatable bonds is 6. The average molecular weight is 493 g/mol. The molecule has 4 aliphatic heterocycles. The van der Waals surface area contributed by atoms with Crippen LogP contribution >= 0.6 is 0 Å². The number of fused-ring (bicyclic) bond motifs is 2. The van der Waals surface area contributed by atoms with Crippen LogP contribution in [0.25, 0.3) is 0 Å². The number of nitrogens with zero attached hydrogens (tertiary/aromatic N) is 1. The molecule has 4 aliphatic rings. The fourth-order valence-electron chi connectivity index (χ4n) is 5.50. The Kier molecular flexibility index (Phi) is 5.89. The predicted molar refractivity (Wildman–Crippen MR) is 127 cm³/mol. The van der Waals surface area contributed by atoms with E-state index in [1.165, 1.54) is 11.0 Å². The molecule has 2 aromatic rings. The molecule has 0 spiro atoms. The number of nitrogens with one attached hydrogen (secondary N) is 1. The van der Waals surface area contributed by atoms with Gasteiger partial charge in [0.2, 0.25) is 6.79 Å². The summed E-state index contributed by atoms with van der Waals surface area (Å²) >= 11 is 0. The van der Waals surface area contributed by atoms with Crippen molar-refractivity contribution in [3.8, 4) is 11.5 Å². The number of benzene rings is 2. The lowest BCUT2D eigenvalue weighted by molar-refractivity contribution is 0.0475. The van der Waals surface area contributed by atoms with Crippen molar-refractivity contribution in [1.82, 2.24) is 10.2 Å². The van der Waals surface area contributed by atoms with Crippen molar-refractivity contribution in [2.24, 2.45) is 0 Å². The standard InChI is InChI=1S/C27H28N2O7/c30-24(17-3-5-20-21(12-17)26(32)29(25(20)31)14-19-2-1-9-34-19)28-15-27(7-10-33-11-8-27)18-4-6-22-23(13-18)36-16-35-22/h3-6,12-13,19H,1-2,7-11,14-16H2,(H,28,30). The van der Waals surface area contributed by atoms with E-state index in [4.69, 9.17) is 18.9 Å². The van der Waals surface area contributed by atoms with E-state index in [1.807, 2.05) is 18.2 Å². The third-order valence-electron chi connectivity index (χ3n) is 7.67. The Bertz CT molecular complexity index is 1210. The minimum atomic E-state index is -0.374. The Morgan fingerprint density at radius 2 is 1.78 bits per heavy atom. The van der Waals surface area contributed by atoms with Crippen LogP contribution in [0.5, 0.6) is 11.5 Å². The first kappa shape index (κ1) is 23.0. The van der Waals surface area contributed by atoms with Gasteiger partial charge in [-0.25, -0.2) is 0 Å². The van der Waals surface area contributed by atoms with Gasteiger partial charge in [-0.15, -0.1) is 0 Å². The van der Waals surface area contributed by atoms with Crippen molar-refractivity contribution in [1.29, 1.82) is 0 Å². The lowest BCUT2D eigenvalue weighted by Gasteiger charge is -2.38. The van der Waals surface area contributed by atoms with Crippen molar-refractivity contribution < 1.29 is 33.3 Å². The number of carbonyl (C=O) groups is 3. The van der Waals surface area contributed by atoms with Gasteiger partial charge in [-0.3, -0.25) is 19.3 Å². The molecule has 0 radical (unpaired) electrons. The maximum Gasteiger partial charge on any atom is 0.261 e. The summed E-state index contributed by atoms with van der Waals surface area (Å²) in [6.45, 7) is 2.70. The first-order valence-corrected chi connectivity index (χ1v) is 12.4. The highest BCUT2D eigenvalue weighted by Gasteiger charge is 2.39. The topological polar surface area (TPSA) is 103 Å². The van der Waals surface area contributed by atoms with Crippen molar-refractivity contribution in [2.45, 2.75) is 37.2 Å². The molecule has 1 atom stereocenters. The molecule has 0 saturated carbocycles. The van der Waals surface area contributed by atoms with Crippen molar-refractivity contribution in [3.05, 3.63) is 58.7 Å². The maximum absolute atomic E-state index is 13.2. The van der Waals surface area contributed by atoms with Gasteiger partial charge in [-0.1, -0.05) is 6.07 Å². The first-order valence-electron chi connectivity index (χ1n) is 12.4. The zero-order chi connectivity index (χ0) is 24.7. The molecule has 6 rings (SSSR count). The zero-order valence-corrected chi connectivity index (χ0v) is 19.9. The highest BCUT2D eigenvalue weighted by Crippen LogP contribution is 2.40. The van der Waals surface area contributed by atoms with Crippen molar-refractivity contribution in [3.63, 3.8) is 0 Å². The maximum atomic E-state index is 13.2. The van der Waals surface area contributed by atoms with E-state index in [2.05, 4.69) is 5.32 Å². The molecule has 9 heteroatoms. The van der Waals surface area contributed by atoms with E-state index in [9.17, 15) is 14.4 Å². The van der Waals surface area contributed by atoms with Gasteiger partial charge in [0.25, 0.3) is 17.7 Å². The Hall–Kier alpha value is -3.43. The van der Waals surface area contributed by atoms with Crippen LogP contribution in [-0.4, -0.2) is 68.4 Å². The molecule has 2 fully saturated rings. The molecule has 2 saturated heterocycles. The van der Waals surface area contributed by atoms with Gasteiger partial charge in [0, 0.05) is 37.3 Å². The van der Waals surface area contributed by atoms with Gasteiger partial charge in [-0.05, 0) is 61.6 Å². The largest absolute Gasteiger partial charge is 0.454 e. The fraction of sp³-hybridized carbons (Fsp3) is 0.444. The Balaban J connectivity index is 1.19. The van der Waals surface area contributed by atoms with E-state index in [0.29, 0.717) is 43.2 Å². The number of amides is 3. The molecule has 9 nitrogen and oxygen atoms in total. The summed E-state index contributed by atoms with van der Waals surface area (Å²) in [6.07, 6.45) is 3.14. The second kappa shape index (κ2) is 9.22. The molecule has 2 aromatic carbocycles. The van der Waals surface area contributed by atoms with Crippen LogP contribution in [0.15, 0.2) is 36.4 Å². The second-order valence-electron chi connectivity index (χ2n) is 9.76. The molecule has 0 aromatic heterocycles. The summed E-state index contributed by atoms with van der Waals surface area (Å²) in [4.78, 5) is 40.2. The van der Waals surface area contributed by atoms with Crippen LogP contribution in [-0.2, 0) is 14.9 Å². The van der Waals surface area contributed by atoms with Gasteiger partial charge >= 0.3 is 0 Å². The van der Waals surface area contributed by atoms with Crippen molar-refractivity contribution in [2.75, 3.05) is 39.7 Å². The minimum absolute atomic E-state index is 0.123. The SMILES string of the molecule is O=C(NCC1(c2ccc3c(c2)OCO3)CCOCC1)c1ccc2c(c1)C(=O)N(CC1CCCO1)C2=O. The summed E-state index contributed by atoms with van der Waals surface area (Å²) < 4.78 is 22.2. The van der Waals surface area contributed by atoms with E-state index in [-0.39, 0.29) is 48.1 Å². The van der Waals surface area contributed by atoms with Crippen LogP contribution in [0.1, 0.15) is 62.3 Å². The van der Waals surface area contributed by atoms with E-state index >= 15 is 0 Å². The second-order valence-corrected chi connectivity index (χ2v) is 9.76. The molecule has 4 heterocycles. The Morgan fingerprint density at radius 3 is 2.58 bits per heavy atom. The molecular weight excluding hydrogens is 464 g/mol. The molecule has 0 bridgehead atoms. The van der Waals surface area contributed by atoms with Gasteiger partial charge in [0.15, 0.2) is 11.5 Å². The van der Waals surface area contributed by atoms with E-state index < -0.39 is 0 Å². The van der Waals surface area contributed by atoms with Gasteiger partial charge in [-0.2, -0.15) is 0 Å². The molecule has 36 heavy (non-hydrogen) atoms. The van der Waals surface area contributed by atoms with Crippen LogP contribution in [0, 0.1) is 0 Å². The summed E-state index contributed by atoms with van der Waals surface area (Å²) in [7, 11) is 0. The number of hydrogen-bond acceptors (Lipinski definition) is 7. The predicted octanol–water partition coefficient (Wildman–Crippen LogP) is 2.67. The zero-order valence-electron chi connectivity index (χ0n) is 19.9. The molecule has 3 amide bonds. The smallest absolute Gasteiger partial charge is 0.261 e. The summed E-state index contributed by atoms with van der Waals surface area (Å²) in [6, 6.07) is 10.6. The Labute approximate surface area is 208 Å². The first-order chi connectivity index (χ1) is 17.5. The van der Waals surface area contributed by atoms with Gasteiger partial charge in [0.05, 0.1) is 23.8 Å². The average Bonchev–Trinajstić information content (AvgIpc) is 3.65. The summed E-state index contributed by atoms with van der Waals surface area (Å²) in [5.74, 6) is 0.431. The lowest BCUT2D eigenvalue weighted by atomic mass is 9.74. The highest BCUT2D eigenvalue weighted by atomic mass is 16.7. The summed E-state index contributed by atoms with van der Waals surface area (Å²) in [5.41, 5.74) is 1.70. The van der Waals surface area contributed by atoms with Gasteiger partial charge in [0.1, 0.15) is 0 Å². The molecular formula is C27H28N2O7. The number of ether oxygens (including phenoxy) is 4. The highest BCUT2D eigenvalue weighted by molar-refractivity contribution is 6.22. The third kappa shape index (κ3) is 4.02. The lowest BCUT2D eigenvalue weighted by Crippen LogP contribution is -2.44. The van der Waals surface area contributed by atoms with Crippen LogP contribution in [0.2, 0.25) is 0 Å². The number of hydrogen-bond donors (Lipinski definition) is 1. The van der Waals surface area contributed by atoms with Crippen LogP contribution < -0.4 is 14.8 Å². The van der Waals surface area contributed by atoms with E-state index in [0.717, 1.165) is 37.0 Å². The third-order valence-corrected chi connectivity index (χ3v) is 7.67. The van der Waals surface area contributed by atoms with Crippen LogP contribution in [0.4, 0.5) is 0 Å². The molecule has 1 unspecified atom stereocenters. The molecule has 0 aliphatic carbocycles. The fourth-order valence-corrected chi connectivity index (χ4v) is 5.50. The van der Waals surface area contributed by atoms with E-state index in [1.54, 1.807) is 12.1 Å². The van der Waals surface area contributed by atoms with Crippen molar-refractivity contribution >= 4 is 17.7 Å². The monoisotopic (exact) mass is 492 g/mol. The van der Waals surface area contributed by atoms with Gasteiger partial charge < -0.3 is 24.3 Å². The number of carbonyl (C=O) groups excluding carboxylic acids is 3. The quantitative estimate of drug-likeness (QED) is 0.619. The van der Waals surface area contributed by atoms with Crippen LogP contribution in [0.3, 0.4) is 0 Å². The Morgan fingerprint density at radius 1 is 0.972 bits per heavy atom. The number of imide groups is 1. The molecule has 1 N–H and O–H groups in total. The summed E-state index contributed by atoms with van der Waals surface area (Å²) in [5, 5.41) is 3.07.